The maximum absolute atomic E-state index is 13.3. The molecule has 0 radical (unpaired) electrons. The molecule has 3 heterocycles. The summed E-state index contributed by atoms with van der Waals surface area (Å²) in [7, 11) is 1.60. The van der Waals surface area contributed by atoms with Gasteiger partial charge in [0.1, 0.15) is 17.2 Å². The van der Waals surface area contributed by atoms with Gasteiger partial charge in [-0.2, -0.15) is 5.10 Å². The third-order valence-corrected chi connectivity index (χ3v) is 5.40. The van der Waals surface area contributed by atoms with Crippen LogP contribution < -0.4 is 10.1 Å². The minimum atomic E-state index is -0.652. The van der Waals surface area contributed by atoms with Crippen molar-refractivity contribution in [1.82, 2.24) is 9.78 Å². The number of aromatic nitrogens is 2. The van der Waals surface area contributed by atoms with Gasteiger partial charge < -0.3 is 14.5 Å². The average Bonchev–Trinajstić information content (AvgIpc) is 3.34. The van der Waals surface area contributed by atoms with Crippen LogP contribution in [-0.2, 0) is 4.79 Å². The van der Waals surface area contributed by atoms with E-state index in [1.165, 1.54) is 0 Å². The minimum Gasteiger partial charge on any atom is -0.497 e. The fourth-order valence-electron chi connectivity index (χ4n) is 3.96. The van der Waals surface area contributed by atoms with Crippen molar-refractivity contribution in [3.8, 4) is 11.4 Å². The highest BCUT2D eigenvalue weighted by atomic mass is 16.5. The van der Waals surface area contributed by atoms with E-state index in [0.29, 0.717) is 17.1 Å². The smallest absolute Gasteiger partial charge is 0.226 e. The van der Waals surface area contributed by atoms with Crippen LogP contribution in [0.2, 0.25) is 0 Å². The van der Waals surface area contributed by atoms with E-state index < -0.39 is 5.92 Å². The van der Waals surface area contributed by atoms with E-state index in [1.54, 1.807) is 17.9 Å². The zero-order valence-corrected chi connectivity index (χ0v) is 16.5. The molecular weight excluding hydrogens is 382 g/mol. The molecule has 1 aliphatic heterocycles. The lowest BCUT2D eigenvalue weighted by Crippen LogP contribution is -2.28. The van der Waals surface area contributed by atoms with Gasteiger partial charge in [0.2, 0.25) is 11.7 Å². The van der Waals surface area contributed by atoms with E-state index in [1.807, 2.05) is 55.5 Å². The first-order valence-electron chi connectivity index (χ1n) is 9.61. The molecule has 7 heteroatoms. The average molecular weight is 401 g/mol. The molecule has 2 aromatic carbocycles. The van der Waals surface area contributed by atoms with Gasteiger partial charge in [-0.05, 0) is 43.3 Å². The number of anilines is 1. The van der Waals surface area contributed by atoms with Crippen LogP contribution >= 0.6 is 0 Å². The summed E-state index contributed by atoms with van der Waals surface area (Å²) in [6.45, 7) is 1.84. The highest BCUT2D eigenvalue weighted by Crippen LogP contribution is 2.39. The number of benzene rings is 2. The van der Waals surface area contributed by atoms with Crippen molar-refractivity contribution in [3.63, 3.8) is 0 Å². The van der Waals surface area contributed by atoms with Gasteiger partial charge in [-0.15, -0.1) is 0 Å². The van der Waals surface area contributed by atoms with Crippen LogP contribution in [0.5, 0.6) is 5.75 Å². The highest BCUT2D eigenvalue weighted by molar-refractivity contribution is 6.08. The van der Waals surface area contributed by atoms with Gasteiger partial charge in [-0.1, -0.05) is 18.2 Å². The number of ketones is 1. The SMILES string of the molecule is COc1ccc(-n2nc(C)c3c2NC(=O)C[C@@H]3C(=O)c2cc3ccccc3o2)cc1. The van der Waals surface area contributed by atoms with Crippen molar-refractivity contribution in [2.24, 2.45) is 0 Å². The summed E-state index contributed by atoms with van der Waals surface area (Å²) in [5.41, 5.74) is 2.82. The Bertz CT molecular complexity index is 1250. The number of aryl methyl sites for hydroxylation is 1. The predicted molar refractivity (Wildman–Crippen MR) is 111 cm³/mol. The normalized spacial score (nSPS) is 15.7. The third kappa shape index (κ3) is 2.86. The third-order valence-electron chi connectivity index (χ3n) is 5.40. The zero-order valence-electron chi connectivity index (χ0n) is 16.5. The molecule has 150 valence electrons. The number of amides is 1. The Morgan fingerprint density at radius 2 is 1.97 bits per heavy atom. The number of nitrogens with zero attached hydrogens (tertiary/aromatic N) is 2. The van der Waals surface area contributed by atoms with Crippen LogP contribution in [0.15, 0.2) is 59.0 Å². The summed E-state index contributed by atoms with van der Waals surface area (Å²) < 4.78 is 12.6. The number of nitrogens with one attached hydrogen (secondary N) is 1. The van der Waals surface area contributed by atoms with E-state index in [4.69, 9.17) is 9.15 Å². The number of furan rings is 1. The number of Topliss-reactive ketones (excluding diaryl/α,β-unsaturated/α-hetero) is 1. The summed E-state index contributed by atoms with van der Waals surface area (Å²) in [5, 5.41) is 8.34. The van der Waals surface area contributed by atoms with Crippen LogP contribution in [0.4, 0.5) is 5.82 Å². The first-order chi connectivity index (χ1) is 14.5. The maximum Gasteiger partial charge on any atom is 0.226 e. The van der Waals surface area contributed by atoms with Gasteiger partial charge in [0.15, 0.2) is 5.76 Å². The number of carbonyl (C=O) groups excluding carboxylic acids is 2. The van der Waals surface area contributed by atoms with E-state index in [0.717, 1.165) is 22.4 Å². The second-order valence-electron chi connectivity index (χ2n) is 7.28. The molecule has 1 aliphatic rings. The van der Waals surface area contributed by atoms with Crippen molar-refractivity contribution < 1.29 is 18.7 Å². The standard InChI is InChI=1S/C23H19N3O4/c1-13-21-17(22(28)19-11-14-5-3-4-6-18(14)30-19)12-20(27)24-23(21)26(25-13)15-7-9-16(29-2)10-8-15/h3-11,17H,12H2,1-2H3,(H,24,27)/t17-/m0/s1. The fourth-order valence-corrected chi connectivity index (χ4v) is 3.96. The number of para-hydroxylation sites is 1. The van der Waals surface area contributed by atoms with Gasteiger partial charge >= 0.3 is 0 Å². The number of ether oxygens (including phenoxy) is 1. The molecule has 0 bridgehead atoms. The van der Waals surface area contributed by atoms with Crippen molar-refractivity contribution in [1.29, 1.82) is 0 Å². The van der Waals surface area contributed by atoms with E-state index in [9.17, 15) is 9.59 Å². The van der Waals surface area contributed by atoms with Crippen LogP contribution in [0.1, 0.15) is 34.2 Å². The second-order valence-corrected chi connectivity index (χ2v) is 7.28. The number of hydrogen-bond donors (Lipinski definition) is 1. The maximum atomic E-state index is 13.3. The summed E-state index contributed by atoms with van der Waals surface area (Å²) in [5.74, 6) is 0.382. The largest absolute Gasteiger partial charge is 0.497 e. The Hall–Kier alpha value is -3.87. The lowest BCUT2D eigenvalue weighted by molar-refractivity contribution is -0.116. The van der Waals surface area contributed by atoms with E-state index in [-0.39, 0.29) is 23.9 Å². The summed E-state index contributed by atoms with van der Waals surface area (Å²) in [6.07, 6.45) is 0.0536. The molecule has 0 spiro atoms. The van der Waals surface area contributed by atoms with Gasteiger partial charge in [-0.25, -0.2) is 4.68 Å². The van der Waals surface area contributed by atoms with E-state index >= 15 is 0 Å². The van der Waals surface area contributed by atoms with Crippen LogP contribution in [0.25, 0.3) is 16.7 Å². The number of rotatable bonds is 4. The van der Waals surface area contributed by atoms with Crippen molar-refractivity contribution in [3.05, 3.63) is 71.6 Å². The molecule has 0 unspecified atom stereocenters. The second kappa shape index (κ2) is 6.88. The quantitative estimate of drug-likeness (QED) is 0.517. The molecule has 0 aliphatic carbocycles. The zero-order chi connectivity index (χ0) is 20.8. The lowest BCUT2D eigenvalue weighted by Gasteiger charge is -2.22. The van der Waals surface area contributed by atoms with E-state index in [2.05, 4.69) is 10.4 Å². The molecule has 1 amide bonds. The minimum absolute atomic E-state index is 0.0536. The number of hydrogen-bond acceptors (Lipinski definition) is 5. The summed E-state index contributed by atoms with van der Waals surface area (Å²) in [6, 6.07) is 16.5. The first kappa shape index (κ1) is 18.2. The van der Waals surface area contributed by atoms with Gasteiger partial charge in [0, 0.05) is 17.4 Å². The summed E-state index contributed by atoms with van der Waals surface area (Å²) in [4.78, 5) is 25.8. The molecule has 1 atom stereocenters. The summed E-state index contributed by atoms with van der Waals surface area (Å²) >= 11 is 0. The van der Waals surface area contributed by atoms with Gasteiger partial charge in [0.25, 0.3) is 0 Å². The number of fused-ring (bicyclic) bond motifs is 2. The Morgan fingerprint density at radius 3 is 2.70 bits per heavy atom. The molecule has 0 saturated carbocycles. The van der Waals surface area contributed by atoms with Crippen LogP contribution in [0.3, 0.4) is 0 Å². The van der Waals surface area contributed by atoms with Crippen LogP contribution in [0, 0.1) is 6.92 Å². The molecule has 5 rings (SSSR count). The molecule has 7 nitrogen and oxygen atoms in total. The highest BCUT2D eigenvalue weighted by Gasteiger charge is 2.37. The van der Waals surface area contributed by atoms with Crippen molar-refractivity contribution in [2.45, 2.75) is 19.3 Å². The Labute approximate surface area is 172 Å². The monoisotopic (exact) mass is 401 g/mol. The van der Waals surface area contributed by atoms with Gasteiger partial charge in [-0.3, -0.25) is 9.59 Å². The molecule has 0 fully saturated rings. The van der Waals surface area contributed by atoms with Crippen molar-refractivity contribution in [2.75, 3.05) is 12.4 Å². The lowest BCUT2D eigenvalue weighted by atomic mass is 9.87. The molecule has 4 aromatic rings. The Balaban J connectivity index is 1.58. The molecular formula is C23H19N3O4. The van der Waals surface area contributed by atoms with Crippen molar-refractivity contribution >= 4 is 28.5 Å². The van der Waals surface area contributed by atoms with Crippen LogP contribution in [-0.4, -0.2) is 28.6 Å². The Morgan fingerprint density at radius 1 is 1.20 bits per heavy atom. The molecule has 1 N–H and O–H groups in total. The number of carbonyl (C=O) groups is 2. The predicted octanol–water partition coefficient (Wildman–Crippen LogP) is 4.24. The van der Waals surface area contributed by atoms with Gasteiger partial charge in [0.05, 0.1) is 24.4 Å². The molecule has 30 heavy (non-hydrogen) atoms. The Kier molecular flexibility index (Phi) is 4.17. The molecule has 2 aromatic heterocycles. The fraction of sp³-hybridized carbons (Fsp3) is 0.174. The number of methoxy groups -OCH3 is 1. The topological polar surface area (TPSA) is 86.4 Å². The first-order valence-corrected chi connectivity index (χ1v) is 9.61. The molecule has 0 saturated heterocycles.